The molecule has 3 aromatic rings. The lowest BCUT2D eigenvalue weighted by Crippen LogP contribution is -2.13. The molecule has 166 valence electrons. The number of Topliss-reactive ketones (excluding diaryl/α,β-unsaturated/α-hetero) is 2. The van der Waals surface area contributed by atoms with Crippen LogP contribution in [0.2, 0.25) is 0 Å². The van der Waals surface area contributed by atoms with Gasteiger partial charge in [0.1, 0.15) is 5.78 Å². The Morgan fingerprint density at radius 1 is 1.06 bits per heavy atom. The van der Waals surface area contributed by atoms with Crippen LogP contribution in [0.25, 0.3) is 5.69 Å². The maximum absolute atomic E-state index is 12.8. The molecule has 2 aromatic heterocycles. The minimum absolute atomic E-state index is 0.140. The van der Waals surface area contributed by atoms with Crippen molar-refractivity contribution in [2.45, 2.75) is 51.1 Å². The van der Waals surface area contributed by atoms with Crippen LogP contribution < -0.4 is 0 Å². The normalized spacial score (nSPS) is 15.2. The average molecular weight is 441 g/mol. The third-order valence-electron chi connectivity index (χ3n) is 5.92. The van der Waals surface area contributed by atoms with Gasteiger partial charge in [0.05, 0.1) is 28.7 Å². The SMILES string of the molecule is Cc1c(C(=O)Cc2ccc(C3CCC(=O)CC3)nc2)cnn1-c1ccc(C(F)(F)F)cc1. The summed E-state index contributed by atoms with van der Waals surface area (Å²) >= 11 is 0. The summed E-state index contributed by atoms with van der Waals surface area (Å²) in [5.41, 5.74) is 2.41. The Bertz CT molecular complexity index is 1120. The van der Waals surface area contributed by atoms with E-state index in [4.69, 9.17) is 0 Å². The Balaban J connectivity index is 1.45. The molecule has 0 unspecified atom stereocenters. The van der Waals surface area contributed by atoms with Crippen LogP contribution in [-0.2, 0) is 17.4 Å². The number of benzene rings is 1. The van der Waals surface area contributed by atoms with E-state index in [1.165, 1.54) is 23.0 Å². The largest absolute Gasteiger partial charge is 0.416 e. The highest BCUT2D eigenvalue weighted by atomic mass is 19.4. The molecule has 0 atom stereocenters. The van der Waals surface area contributed by atoms with E-state index < -0.39 is 11.7 Å². The number of carbonyl (C=O) groups excluding carboxylic acids is 2. The lowest BCUT2D eigenvalue weighted by molar-refractivity contribution is -0.137. The number of alkyl halides is 3. The van der Waals surface area contributed by atoms with Crippen molar-refractivity contribution in [1.29, 1.82) is 0 Å². The van der Waals surface area contributed by atoms with Gasteiger partial charge in [-0.3, -0.25) is 14.6 Å². The van der Waals surface area contributed by atoms with Gasteiger partial charge >= 0.3 is 6.18 Å². The zero-order chi connectivity index (χ0) is 22.9. The predicted octanol–water partition coefficient (Wildman–Crippen LogP) is 5.25. The van der Waals surface area contributed by atoms with Gasteiger partial charge in [-0.1, -0.05) is 6.07 Å². The van der Waals surface area contributed by atoms with Crippen LogP contribution in [0.3, 0.4) is 0 Å². The van der Waals surface area contributed by atoms with Gasteiger partial charge in [0.25, 0.3) is 0 Å². The number of hydrogen-bond donors (Lipinski definition) is 0. The number of ketones is 2. The van der Waals surface area contributed by atoms with Gasteiger partial charge in [0.2, 0.25) is 0 Å². The number of nitrogens with zero attached hydrogens (tertiary/aromatic N) is 3. The lowest BCUT2D eigenvalue weighted by Gasteiger charge is -2.20. The molecule has 1 aliphatic carbocycles. The second-order valence-electron chi connectivity index (χ2n) is 8.10. The van der Waals surface area contributed by atoms with Gasteiger partial charge in [-0.05, 0) is 55.7 Å². The summed E-state index contributed by atoms with van der Waals surface area (Å²) < 4.78 is 39.8. The second kappa shape index (κ2) is 8.68. The van der Waals surface area contributed by atoms with E-state index in [0.717, 1.165) is 36.2 Å². The van der Waals surface area contributed by atoms with E-state index in [1.807, 2.05) is 12.1 Å². The molecule has 1 fully saturated rings. The summed E-state index contributed by atoms with van der Waals surface area (Å²) in [6.07, 6.45) is 1.69. The maximum atomic E-state index is 12.8. The third kappa shape index (κ3) is 4.64. The molecule has 4 rings (SSSR count). The standard InChI is InChI=1S/C24H22F3N3O2/c1-15-21(14-29-30(15)19-7-5-18(6-8-19)24(25,26)27)23(32)12-16-2-11-22(28-13-16)17-3-9-20(31)10-4-17/h2,5-8,11,13-14,17H,3-4,9-10,12H2,1H3. The Labute approximate surface area is 183 Å². The number of halogens is 3. The zero-order valence-electron chi connectivity index (χ0n) is 17.5. The molecule has 8 heteroatoms. The Morgan fingerprint density at radius 3 is 2.34 bits per heavy atom. The first-order valence-electron chi connectivity index (χ1n) is 10.4. The minimum Gasteiger partial charge on any atom is -0.300 e. The molecule has 5 nitrogen and oxygen atoms in total. The van der Waals surface area contributed by atoms with Crippen molar-refractivity contribution in [1.82, 2.24) is 14.8 Å². The van der Waals surface area contributed by atoms with E-state index in [0.29, 0.717) is 35.6 Å². The molecule has 0 amide bonds. The molecule has 0 spiro atoms. The van der Waals surface area contributed by atoms with Gasteiger partial charge in [-0.25, -0.2) is 4.68 Å². The Hall–Kier alpha value is -3.29. The van der Waals surface area contributed by atoms with Gasteiger partial charge < -0.3 is 0 Å². The monoisotopic (exact) mass is 441 g/mol. The smallest absolute Gasteiger partial charge is 0.300 e. The molecule has 0 N–H and O–H groups in total. The van der Waals surface area contributed by atoms with Crippen LogP contribution in [0.4, 0.5) is 13.2 Å². The molecule has 0 aliphatic heterocycles. The quantitative estimate of drug-likeness (QED) is 0.508. The van der Waals surface area contributed by atoms with Crippen molar-refractivity contribution in [3.63, 3.8) is 0 Å². The van der Waals surface area contributed by atoms with Crippen LogP contribution in [0.1, 0.15) is 64.5 Å². The van der Waals surface area contributed by atoms with Crippen molar-refractivity contribution >= 4 is 11.6 Å². The van der Waals surface area contributed by atoms with Crippen LogP contribution in [0, 0.1) is 6.92 Å². The molecule has 0 bridgehead atoms. The first kappa shape index (κ1) is 21.9. The van der Waals surface area contributed by atoms with Crippen LogP contribution in [0.15, 0.2) is 48.8 Å². The van der Waals surface area contributed by atoms with Crippen molar-refractivity contribution in [3.05, 3.63) is 76.9 Å². The molecule has 1 aliphatic rings. The summed E-state index contributed by atoms with van der Waals surface area (Å²) in [5.74, 6) is 0.441. The van der Waals surface area contributed by atoms with Gasteiger partial charge in [-0.2, -0.15) is 18.3 Å². The molecule has 32 heavy (non-hydrogen) atoms. The zero-order valence-corrected chi connectivity index (χ0v) is 17.5. The summed E-state index contributed by atoms with van der Waals surface area (Å²) in [7, 11) is 0. The van der Waals surface area contributed by atoms with Crippen LogP contribution >= 0.6 is 0 Å². The number of pyridine rings is 1. The molecule has 0 radical (unpaired) electrons. The fourth-order valence-corrected chi connectivity index (χ4v) is 4.03. The highest BCUT2D eigenvalue weighted by Gasteiger charge is 2.30. The van der Waals surface area contributed by atoms with E-state index in [9.17, 15) is 22.8 Å². The van der Waals surface area contributed by atoms with Crippen molar-refractivity contribution in [2.75, 3.05) is 0 Å². The highest BCUT2D eigenvalue weighted by Crippen LogP contribution is 2.31. The molecular weight excluding hydrogens is 419 g/mol. The summed E-state index contributed by atoms with van der Waals surface area (Å²) in [6, 6.07) is 8.45. The maximum Gasteiger partial charge on any atom is 0.416 e. The summed E-state index contributed by atoms with van der Waals surface area (Å²) in [4.78, 5) is 28.7. The van der Waals surface area contributed by atoms with Crippen LogP contribution in [-0.4, -0.2) is 26.3 Å². The summed E-state index contributed by atoms with van der Waals surface area (Å²) in [5, 5.41) is 4.19. The number of hydrogen-bond acceptors (Lipinski definition) is 4. The predicted molar refractivity (Wildman–Crippen MR) is 112 cm³/mol. The molecule has 2 heterocycles. The Morgan fingerprint density at radius 2 is 1.75 bits per heavy atom. The Kier molecular flexibility index (Phi) is 5.95. The van der Waals surface area contributed by atoms with E-state index in [2.05, 4.69) is 10.1 Å². The van der Waals surface area contributed by atoms with Crippen molar-refractivity contribution < 1.29 is 22.8 Å². The third-order valence-corrected chi connectivity index (χ3v) is 5.92. The molecule has 1 aromatic carbocycles. The number of carbonyl (C=O) groups is 2. The first-order chi connectivity index (χ1) is 15.2. The van der Waals surface area contributed by atoms with E-state index >= 15 is 0 Å². The topological polar surface area (TPSA) is 64.8 Å². The number of aromatic nitrogens is 3. The minimum atomic E-state index is -4.41. The molecule has 1 saturated carbocycles. The van der Waals surface area contributed by atoms with Crippen molar-refractivity contribution in [2.24, 2.45) is 0 Å². The second-order valence-corrected chi connectivity index (χ2v) is 8.10. The van der Waals surface area contributed by atoms with Crippen molar-refractivity contribution in [3.8, 4) is 5.69 Å². The average Bonchev–Trinajstić information content (AvgIpc) is 3.16. The van der Waals surface area contributed by atoms with E-state index in [1.54, 1.807) is 13.1 Å². The van der Waals surface area contributed by atoms with Gasteiger partial charge in [-0.15, -0.1) is 0 Å². The summed E-state index contributed by atoms with van der Waals surface area (Å²) in [6.45, 7) is 1.71. The fourth-order valence-electron chi connectivity index (χ4n) is 4.03. The van der Waals surface area contributed by atoms with Gasteiger partial charge in [0, 0.05) is 37.1 Å². The van der Waals surface area contributed by atoms with Crippen LogP contribution in [0.5, 0.6) is 0 Å². The fraction of sp³-hybridized carbons (Fsp3) is 0.333. The first-order valence-corrected chi connectivity index (χ1v) is 10.4. The lowest BCUT2D eigenvalue weighted by atomic mass is 9.86. The number of rotatable bonds is 5. The van der Waals surface area contributed by atoms with Gasteiger partial charge in [0.15, 0.2) is 5.78 Å². The molecular formula is C24H22F3N3O2. The van der Waals surface area contributed by atoms with E-state index in [-0.39, 0.29) is 18.1 Å². The highest BCUT2D eigenvalue weighted by molar-refractivity contribution is 5.98. The molecule has 0 saturated heterocycles.